The van der Waals surface area contributed by atoms with Crippen LogP contribution in [0.5, 0.6) is 0 Å². The Balaban J connectivity index is 2.43. The molecule has 22 heavy (non-hydrogen) atoms. The normalized spacial score (nSPS) is 28.3. The van der Waals surface area contributed by atoms with Gasteiger partial charge in [-0.15, -0.1) is 0 Å². The van der Waals surface area contributed by atoms with Crippen LogP contribution in [-0.2, 0) is 9.84 Å². The molecule has 0 unspecified atom stereocenters. The van der Waals surface area contributed by atoms with Gasteiger partial charge in [0.25, 0.3) is 0 Å². The van der Waals surface area contributed by atoms with Crippen molar-refractivity contribution in [1.29, 1.82) is 0 Å². The van der Waals surface area contributed by atoms with E-state index in [0.717, 1.165) is 5.56 Å². The van der Waals surface area contributed by atoms with Gasteiger partial charge in [-0.2, -0.15) is 0 Å². The Morgan fingerprint density at radius 2 is 1.73 bits per heavy atom. The van der Waals surface area contributed by atoms with Crippen LogP contribution in [0.4, 0.5) is 0 Å². The zero-order chi connectivity index (χ0) is 16.8. The maximum atomic E-state index is 12.7. The first-order valence-electron chi connectivity index (χ1n) is 7.37. The Bertz CT molecular complexity index is 686. The summed E-state index contributed by atoms with van der Waals surface area (Å²) in [5, 5.41) is 20.9. The summed E-state index contributed by atoms with van der Waals surface area (Å²) in [6.45, 7) is 7.14. The topological polar surface area (TPSA) is 74.6 Å². The Hall–Kier alpha value is -1.17. The lowest BCUT2D eigenvalue weighted by molar-refractivity contribution is -0.0485. The van der Waals surface area contributed by atoms with E-state index in [1.54, 1.807) is 51.1 Å². The molecule has 0 saturated heterocycles. The van der Waals surface area contributed by atoms with Crippen LogP contribution in [-0.4, -0.2) is 36.1 Å². The third-order valence-corrected chi connectivity index (χ3v) is 6.50. The van der Waals surface area contributed by atoms with E-state index in [-0.39, 0.29) is 10.6 Å². The monoisotopic (exact) mass is 324 g/mol. The first kappa shape index (κ1) is 17.2. The van der Waals surface area contributed by atoms with E-state index >= 15 is 0 Å². The molecule has 0 radical (unpaired) electrons. The van der Waals surface area contributed by atoms with E-state index in [4.69, 9.17) is 0 Å². The molecule has 0 fully saturated rings. The average molecular weight is 324 g/mol. The SMILES string of the molecule is CC1=C[C@H](O)CC(C)(C)[C@@]1(O)CS(=O)(=O)c1ccc(C)cc1. The van der Waals surface area contributed by atoms with E-state index in [1.807, 2.05) is 6.92 Å². The van der Waals surface area contributed by atoms with Gasteiger partial charge in [0.1, 0.15) is 5.60 Å². The van der Waals surface area contributed by atoms with Crippen LogP contribution >= 0.6 is 0 Å². The van der Waals surface area contributed by atoms with E-state index in [9.17, 15) is 18.6 Å². The quantitative estimate of drug-likeness (QED) is 0.836. The van der Waals surface area contributed by atoms with Gasteiger partial charge >= 0.3 is 0 Å². The lowest BCUT2D eigenvalue weighted by atomic mass is 9.65. The van der Waals surface area contributed by atoms with Crippen LogP contribution in [0.15, 0.2) is 40.8 Å². The van der Waals surface area contributed by atoms with Crippen molar-refractivity contribution in [1.82, 2.24) is 0 Å². The second kappa shape index (κ2) is 5.48. The molecule has 1 aromatic carbocycles. The van der Waals surface area contributed by atoms with Gasteiger partial charge in [0.05, 0.1) is 16.8 Å². The highest BCUT2D eigenvalue weighted by Crippen LogP contribution is 2.45. The summed E-state index contributed by atoms with van der Waals surface area (Å²) in [6, 6.07) is 6.63. The van der Waals surface area contributed by atoms with Crippen molar-refractivity contribution >= 4 is 9.84 Å². The molecule has 2 atom stereocenters. The molecule has 0 saturated carbocycles. The number of aryl methyl sites for hydroxylation is 1. The van der Waals surface area contributed by atoms with Gasteiger partial charge in [0, 0.05) is 5.41 Å². The van der Waals surface area contributed by atoms with E-state index in [0.29, 0.717) is 12.0 Å². The van der Waals surface area contributed by atoms with E-state index in [1.165, 1.54) is 0 Å². The molecule has 4 nitrogen and oxygen atoms in total. The predicted octanol–water partition coefficient (Wildman–Crippen LogP) is 2.24. The van der Waals surface area contributed by atoms with Gasteiger partial charge in [-0.1, -0.05) is 37.6 Å². The van der Waals surface area contributed by atoms with Crippen molar-refractivity contribution < 1.29 is 18.6 Å². The number of benzene rings is 1. The van der Waals surface area contributed by atoms with Gasteiger partial charge in [-0.3, -0.25) is 0 Å². The molecule has 0 amide bonds. The Kier molecular flexibility index (Phi) is 4.28. The minimum atomic E-state index is -3.63. The first-order chi connectivity index (χ1) is 9.98. The number of aliphatic hydroxyl groups excluding tert-OH is 1. The van der Waals surface area contributed by atoms with Gasteiger partial charge in [-0.25, -0.2) is 8.42 Å². The molecule has 2 rings (SSSR count). The summed E-state index contributed by atoms with van der Waals surface area (Å²) in [5.41, 5.74) is -0.735. The fraction of sp³-hybridized carbons (Fsp3) is 0.529. The molecule has 1 aliphatic rings. The number of aliphatic hydroxyl groups is 2. The Labute approximate surface area is 132 Å². The zero-order valence-corrected chi connectivity index (χ0v) is 14.3. The molecule has 0 aliphatic heterocycles. The standard InChI is InChI=1S/C17H24O4S/c1-12-5-7-15(8-6-12)22(20,21)11-17(19)13(2)9-14(18)10-16(17,3)4/h5-9,14,18-19H,10-11H2,1-4H3/t14-,17+/m0/s1. The van der Waals surface area contributed by atoms with Crippen LogP contribution in [0.3, 0.4) is 0 Å². The van der Waals surface area contributed by atoms with E-state index < -0.39 is 27.0 Å². The maximum absolute atomic E-state index is 12.7. The summed E-state index contributed by atoms with van der Waals surface area (Å²) in [6.07, 6.45) is 1.22. The fourth-order valence-electron chi connectivity index (χ4n) is 3.12. The minimum Gasteiger partial charge on any atom is -0.389 e. The third-order valence-electron chi connectivity index (χ3n) is 4.71. The third kappa shape index (κ3) is 2.98. The van der Waals surface area contributed by atoms with Crippen molar-refractivity contribution in [3.8, 4) is 0 Å². The van der Waals surface area contributed by atoms with Crippen molar-refractivity contribution in [2.45, 2.75) is 50.7 Å². The van der Waals surface area contributed by atoms with Crippen molar-refractivity contribution in [2.24, 2.45) is 5.41 Å². The van der Waals surface area contributed by atoms with Crippen molar-refractivity contribution in [3.05, 3.63) is 41.5 Å². The summed E-state index contributed by atoms with van der Waals surface area (Å²) in [5.74, 6) is -0.384. The molecule has 0 bridgehead atoms. The maximum Gasteiger partial charge on any atom is 0.181 e. The largest absolute Gasteiger partial charge is 0.389 e. The van der Waals surface area contributed by atoms with Crippen molar-refractivity contribution in [2.75, 3.05) is 5.75 Å². The molecule has 0 spiro atoms. The van der Waals surface area contributed by atoms with Gasteiger partial charge in [0.2, 0.25) is 0 Å². The highest BCUT2D eigenvalue weighted by molar-refractivity contribution is 7.91. The number of hydrogen-bond donors (Lipinski definition) is 2. The Morgan fingerprint density at radius 3 is 2.23 bits per heavy atom. The highest BCUT2D eigenvalue weighted by Gasteiger charge is 2.50. The lowest BCUT2D eigenvalue weighted by Gasteiger charge is -2.47. The summed E-state index contributed by atoms with van der Waals surface area (Å²) in [4.78, 5) is 0.209. The smallest absolute Gasteiger partial charge is 0.181 e. The predicted molar refractivity (Wildman–Crippen MR) is 86.3 cm³/mol. The number of sulfone groups is 1. The summed E-state index contributed by atoms with van der Waals surface area (Å²) < 4.78 is 25.4. The van der Waals surface area contributed by atoms with Crippen LogP contribution in [0.25, 0.3) is 0 Å². The summed E-state index contributed by atoms with van der Waals surface area (Å²) in [7, 11) is -3.63. The van der Waals surface area contributed by atoms with Gasteiger partial charge in [0.15, 0.2) is 9.84 Å². The zero-order valence-electron chi connectivity index (χ0n) is 13.5. The lowest BCUT2D eigenvalue weighted by Crippen LogP contribution is -2.54. The molecule has 1 aromatic rings. The molecule has 2 N–H and O–H groups in total. The molecule has 1 aliphatic carbocycles. The average Bonchev–Trinajstić information content (AvgIpc) is 2.36. The highest BCUT2D eigenvalue weighted by atomic mass is 32.2. The molecule has 0 heterocycles. The van der Waals surface area contributed by atoms with Gasteiger partial charge in [-0.05, 0) is 38.0 Å². The van der Waals surface area contributed by atoms with Crippen LogP contribution in [0.2, 0.25) is 0 Å². The Morgan fingerprint density at radius 1 is 1.18 bits per heavy atom. The minimum absolute atomic E-state index is 0.209. The van der Waals surface area contributed by atoms with Crippen LogP contribution in [0.1, 0.15) is 32.8 Å². The molecule has 122 valence electrons. The van der Waals surface area contributed by atoms with Crippen LogP contribution < -0.4 is 0 Å². The molecular formula is C17H24O4S. The molecular weight excluding hydrogens is 300 g/mol. The molecule has 5 heteroatoms. The van der Waals surface area contributed by atoms with Crippen LogP contribution in [0, 0.1) is 12.3 Å². The fourth-order valence-corrected chi connectivity index (χ4v) is 5.01. The van der Waals surface area contributed by atoms with Gasteiger partial charge < -0.3 is 10.2 Å². The number of rotatable bonds is 3. The summed E-state index contributed by atoms with van der Waals surface area (Å²) >= 11 is 0. The van der Waals surface area contributed by atoms with Crippen molar-refractivity contribution in [3.63, 3.8) is 0 Å². The second-order valence-corrected chi connectivity index (χ2v) is 8.93. The first-order valence-corrected chi connectivity index (χ1v) is 9.02. The second-order valence-electron chi connectivity index (χ2n) is 6.94. The van der Waals surface area contributed by atoms with E-state index in [2.05, 4.69) is 0 Å². The molecule has 0 aromatic heterocycles. The number of hydrogen-bond acceptors (Lipinski definition) is 4.